The van der Waals surface area contributed by atoms with Gasteiger partial charge in [0.05, 0.1) is 22.4 Å². The molecule has 8 nitrogen and oxygen atoms in total. The van der Waals surface area contributed by atoms with Gasteiger partial charge in [0.25, 0.3) is 5.69 Å². The van der Waals surface area contributed by atoms with Crippen LogP contribution in [-0.4, -0.2) is 48.1 Å². The first kappa shape index (κ1) is 26.2. The molecule has 0 aliphatic carbocycles. The van der Waals surface area contributed by atoms with Crippen LogP contribution in [0.2, 0.25) is 5.02 Å². The Morgan fingerprint density at radius 2 is 1.97 bits per heavy atom. The van der Waals surface area contributed by atoms with Crippen LogP contribution in [0.15, 0.2) is 58.8 Å². The van der Waals surface area contributed by atoms with Gasteiger partial charge in [-0.1, -0.05) is 30.7 Å². The van der Waals surface area contributed by atoms with E-state index in [2.05, 4.69) is 0 Å². The van der Waals surface area contributed by atoms with Gasteiger partial charge >= 0.3 is 0 Å². The molecule has 1 aliphatic heterocycles. The Morgan fingerprint density at radius 1 is 1.25 bits per heavy atom. The fraction of sp³-hybridized carbons (Fsp3) is 0.292. The molecule has 1 aliphatic rings. The monoisotopic (exact) mass is 551 g/mol. The maximum atomic E-state index is 13.6. The molecule has 2 heterocycles. The van der Waals surface area contributed by atoms with Crippen molar-refractivity contribution in [2.75, 3.05) is 19.6 Å². The van der Waals surface area contributed by atoms with Crippen LogP contribution in [0, 0.1) is 15.9 Å². The molecule has 36 heavy (non-hydrogen) atoms. The van der Waals surface area contributed by atoms with Gasteiger partial charge in [0.1, 0.15) is 10.8 Å². The van der Waals surface area contributed by atoms with Crippen LogP contribution in [-0.2, 0) is 21.2 Å². The van der Waals surface area contributed by atoms with Gasteiger partial charge in [-0.2, -0.15) is 4.31 Å². The second kappa shape index (κ2) is 10.6. The Morgan fingerprint density at radius 3 is 2.64 bits per heavy atom. The van der Waals surface area contributed by atoms with E-state index in [4.69, 9.17) is 11.6 Å². The van der Waals surface area contributed by atoms with Crippen LogP contribution < -0.4 is 0 Å². The zero-order valence-electron chi connectivity index (χ0n) is 19.3. The predicted octanol–water partition coefficient (Wildman–Crippen LogP) is 5.02. The average molecular weight is 552 g/mol. The standard InChI is InChI=1S/C24H23ClFN3O5S2/c1-2-11-27(36(33,34)18-7-8-20(25)21(14-18)29(31)32)15-23(30)28-12-9-22-19(10-13-35-22)24(28)16-3-5-17(26)6-4-16/h3-8,10,13-14,24H,2,9,11-12,15H2,1H3. The van der Waals surface area contributed by atoms with Crippen molar-refractivity contribution in [3.63, 3.8) is 0 Å². The smallest absolute Gasteiger partial charge is 0.289 e. The number of nitrogens with zero attached hydrogens (tertiary/aromatic N) is 3. The second-order valence-electron chi connectivity index (χ2n) is 8.30. The third-order valence-corrected chi connectivity index (χ3v) is 9.17. The van der Waals surface area contributed by atoms with Gasteiger partial charge in [0.2, 0.25) is 15.9 Å². The van der Waals surface area contributed by atoms with Gasteiger partial charge in [0.15, 0.2) is 0 Å². The van der Waals surface area contributed by atoms with E-state index in [1.165, 1.54) is 18.2 Å². The number of rotatable bonds is 8. The molecule has 0 fully saturated rings. The van der Waals surface area contributed by atoms with Crippen molar-refractivity contribution in [3.8, 4) is 0 Å². The number of nitro groups is 1. The minimum absolute atomic E-state index is 0.0449. The van der Waals surface area contributed by atoms with Gasteiger partial charge in [-0.25, -0.2) is 12.8 Å². The highest BCUT2D eigenvalue weighted by molar-refractivity contribution is 7.89. The molecule has 3 aromatic rings. The summed E-state index contributed by atoms with van der Waals surface area (Å²) in [7, 11) is -4.23. The molecule has 0 bridgehead atoms. The maximum Gasteiger partial charge on any atom is 0.289 e. The molecule has 2 aromatic carbocycles. The Bertz CT molecular complexity index is 1390. The van der Waals surface area contributed by atoms with Crippen LogP contribution in [0.3, 0.4) is 0 Å². The van der Waals surface area contributed by atoms with Gasteiger partial charge in [0, 0.05) is 24.0 Å². The highest BCUT2D eigenvalue weighted by Crippen LogP contribution is 2.38. The lowest BCUT2D eigenvalue weighted by Crippen LogP contribution is -2.46. The lowest BCUT2D eigenvalue weighted by atomic mass is 9.93. The number of thiophene rings is 1. The molecule has 0 spiro atoms. The Hall–Kier alpha value is -2.86. The number of hydrogen-bond donors (Lipinski definition) is 0. The second-order valence-corrected chi connectivity index (χ2v) is 11.6. The predicted molar refractivity (Wildman–Crippen MR) is 135 cm³/mol. The van der Waals surface area contributed by atoms with Crippen LogP contribution in [0.4, 0.5) is 10.1 Å². The van der Waals surface area contributed by atoms with E-state index in [9.17, 15) is 27.7 Å². The summed E-state index contributed by atoms with van der Waals surface area (Å²) < 4.78 is 41.5. The first-order valence-electron chi connectivity index (χ1n) is 11.2. The number of nitro benzene ring substituents is 1. The number of carbonyl (C=O) groups is 1. The van der Waals surface area contributed by atoms with Crippen molar-refractivity contribution in [1.29, 1.82) is 0 Å². The third-order valence-electron chi connectivity index (χ3n) is 6.01. The highest BCUT2D eigenvalue weighted by Gasteiger charge is 2.36. The molecular weight excluding hydrogens is 529 g/mol. The first-order valence-corrected chi connectivity index (χ1v) is 13.9. The molecule has 1 unspecified atom stereocenters. The molecule has 0 radical (unpaired) electrons. The van der Waals surface area contributed by atoms with E-state index < -0.39 is 44.9 Å². The van der Waals surface area contributed by atoms with E-state index in [0.717, 1.165) is 32.4 Å². The van der Waals surface area contributed by atoms with Gasteiger partial charge < -0.3 is 4.90 Å². The summed E-state index contributed by atoms with van der Waals surface area (Å²) in [6.45, 7) is 1.75. The summed E-state index contributed by atoms with van der Waals surface area (Å²) in [6.07, 6.45) is 1.05. The Balaban J connectivity index is 1.66. The minimum Gasteiger partial charge on any atom is -0.330 e. The molecule has 0 saturated heterocycles. The van der Waals surface area contributed by atoms with Crippen molar-refractivity contribution in [3.05, 3.63) is 90.9 Å². The SMILES string of the molecule is CCCN(CC(=O)N1CCc2sccc2C1c1ccc(F)cc1)S(=O)(=O)c1ccc(Cl)c([N+](=O)[O-])c1. The van der Waals surface area contributed by atoms with Gasteiger partial charge in [-0.3, -0.25) is 14.9 Å². The molecule has 12 heteroatoms. The summed E-state index contributed by atoms with van der Waals surface area (Å²) >= 11 is 7.44. The number of amides is 1. The van der Waals surface area contributed by atoms with E-state index >= 15 is 0 Å². The quantitative estimate of drug-likeness (QED) is 0.289. The van der Waals surface area contributed by atoms with E-state index in [1.54, 1.807) is 35.3 Å². The minimum atomic E-state index is -4.23. The largest absolute Gasteiger partial charge is 0.330 e. The average Bonchev–Trinajstić information content (AvgIpc) is 3.32. The first-order chi connectivity index (χ1) is 17.1. The molecule has 4 rings (SSSR count). The van der Waals surface area contributed by atoms with Crippen molar-refractivity contribution < 1.29 is 22.5 Å². The van der Waals surface area contributed by atoms with E-state index in [0.29, 0.717) is 19.4 Å². The molecule has 0 saturated carbocycles. The maximum absolute atomic E-state index is 13.6. The summed E-state index contributed by atoms with van der Waals surface area (Å²) in [4.78, 5) is 26.5. The third kappa shape index (κ3) is 5.15. The summed E-state index contributed by atoms with van der Waals surface area (Å²) in [5.41, 5.74) is 1.13. The van der Waals surface area contributed by atoms with Crippen LogP contribution in [0.25, 0.3) is 0 Å². The Kier molecular flexibility index (Phi) is 7.74. The number of hydrogen-bond acceptors (Lipinski definition) is 6. The van der Waals surface area contributed by atoms with Gasteiger partial charge in [-0.15, -0.1) is 11.3 Å². The van der Waals surface area contributed by atoms with Crippen LogP contribution >= 0.6 is 22.9 Å². The number of fused-ring (bicyclic) bond motifs is 1. The van der Waals surface area contributed by atoms with Crippen LogP contribution in [0.1, 0.15) is 35.4 Å². The topological polar surface area (TPSA) is 101 Å². The summed E-state index contributed by atoms with van der Waals surface area (Å²) in [5, 5.41) is 13.0. The fourth-order valence-electron chi connectivity index (χ4n) is 4.31. The lowest BCUT2D eigenvalue weighted by Gasteiger charge is -2.37. The zero-order valence-corrected chi connectivity index (χ0v) is 21.7. The normalized spacial score (nSPS) is 15.7. The highest BCUT2D eigenvalue weighted by atomic mass is 35.5. The molecule has 1 aromatic heterocycles. The van der Waals surface area contributed by atoms with Crippen molar-refractivity contribution >= 4 is 44.6 Å². The molecule has 190 valence electrons. The molecule has 1 amide bonds. The molecule has 0 N–H and O–H groups in total. The van der Waals surface area contributed by atoms with Crippen molar-refractivity contribution in [2.45, 2.75) is 30.7 Å². The van der Waals surface area contributed by atoms with Crippen molar-refractivity contribution in [2.24, 2.45) is 0 Å². The lowest BCUT2D eigenvalue weighted by molar-refractivity contribution is -0.384. The summed E-state index contributed by atoms with van der Waals surface area (Å²) in [6, 6.07) is 10.6. The number of benzene rings is 2. The Labute approximate surface area is 217 Å². The van der Waals surface area contributed by atoms with Crippen LogP contribution in [0.5, 0.6) is 0 Å². The zero-order chi connectivity index (χ0) is 26.0. The van der Waals surface area contributed by atoms with Crippen molar-refractivity contribution in [1.82, 2.24) is 9.21 Å². The molecular formula is C24H23ClFN3O5S2. The number of halogens is 2. The van der Waals surface area contributed by atoms with Gasteiger partial charge in [-0.05, 0) is 59.7 Å². The van der Waals surface area contributed by atoms with E-state index in [-0.39, 0.29) is 16.5 Å². The summed E-state index contributed by atoms with van der Waals surface area (Å²) in [5.74, 6) is -0.808. The molecule has 1 atom stereocenters. The fourth-order valence-corrected chi connectivity index (χ4v) is 6.90. The number of sulfonamides is 1. The van der Waals surface area contributed by atoms with E-state index in [1.807, 2.05) is 11.4 Å². The number of carbonyl (C=O) groups excluding carboxylic acids is 1.